The van der Waals surface area contributed by atoms with E-state index in [0.717, 1.165) is 31.2 Å². The van der Waals surface area contributed by atoms with Crippen LogP contribution in [-0.4, -0.2) is 21.4 Å². The zero-order valence-corrected chi connectivity index (χ0v) is 11.7. The van der Waals surface area contributed by atoms with Crippen molar-refractivity contribution in [1.29, 1.82) is 0 Å². The first-order valence-electron chi connectivity index (χ1n) is 7.33. The molecule has 106 valence electrons. The van der Waals surface area contributed by atoms with Gasteiger partial charge < -0.3 is 9.63 Å². The molecular weight excluding hydrogens is 252 g/mol. The first kappa shape index (κ1) is 13.3. The monoisotopic (exact) mass is 272 g/mol. The normalized spacial score (nSPS) is 23.5. The maximum absolute atomic E-state index is 10.2. The van der Waals surface area contributed by atoms with Crippen molar-refractivity contribution in [3.8, 4) is 11.4 Å². The second-order valence-corrected chi connectivity index (χ2v) is 5.63. The number of hydrogen-bond acceptors (Lipinski definition) is 4. The summed E-state index contributed by atoms with van der Waals surface area (Å²) in [6, 6.07) is 8.05. The molecule has 2 unspecified atom stereocenters. The zero-order valence-electron chi connectivity index (χ0n) is 11.7. The Morgan fingerprint density at radius 2 is 1.85 bits per heavy atom. The lowest BCUT2D eigenvalue weighted by atomic mass is 9.97. The van der Waals surface area contributed by atoms with Crippen molar-refractivity contribution in [2.45, 2.75) is 51.0 Å². The fourth-order valence-corrected chi connectivity index (χ4v) is 2.78. The van der Waals surface area contributed by atoms with Crippen LogP contribution in [0.1, 0.15) is 49.5 Å². The van der Waals surface area contributed by atoms with Crippen molar-refractivity contribution < 1.29 is 9.63 Å². The third kappa shape index (κ3) is 2.75. The predicted octanol–water partition coefficient (Wildman–Crippen LogP) is 3.45. The molecule has 20 heavy (non-hydrogen) atoms. The Bertz CT molecular complexity index is 562. The van der Waals surface area contributed by atoms with Crippen LogP contribution in [0.25, 0.3) is 11.4 Å². The van der Waals surface area contributed by atoms with E-state index < -0.39 is 0 Å². The molecule has 2 aromatic rings. The molecule has 1 aromatic heterocycles. The molecule has 0 saturated heterocycles. The highest BCUT2D eigenvalue weighted by molar-refractivity contribution is 5.54. The third-order valence-electron chi connectivity index (χ3n) is 4.05. The van der Waals surface area contributed by atoms with Crippen molar-refractivity contribution in [2.24, 2.45) is 0 Å². The molecule has 1 aliphatic rings. The molecule has 1 aliphatic carbocycles. The Morgan fingerprint density at radius 3 is 2.65 bits per heavy atom. The van der Waals surface area contributed by atoms with Crippen LogP contribution in [0.15, 0.2) is 28.8 Å². The van der Waals surface area contributed by atoms with Gasteiger partial charge in [0.2, 0.25) is 11.7 Å². The molecule has 0 radical (unpaired) electrons. The average Bonchev–Trinajstić information content (AvgIpc) is 2.83. The minimum Gasteiger partial charge on any atom is -0.392 e. The van der Waals surface area contributed by atoms with Gasteiger partial charge in [-0.15, -0.1) is 0 Å². The van der Waals surface area contributed by atoms with E-state index in [4.69, 9.17) is 4.52 Å². The molecule has 1 aromatic carbocycles. The summed E-state index contributed by atoms with van der Waals surface area (Å²) in [7, 11) is 0. The van der Waals surface area contributed by atoms with E-state index in [0.29, 0.717) is 11.7 Å². The molecule has 1 saturated carbocycles. The Hall–Kier alpha value is -1.68. The van der Waals surface area contributed by atoms with Crippen LogP contribution in [0.5, 0.6) is 0 Å². The lowest BCUT2D eigenvalue weighted by Crippen LogP contribution is -2.17. The molecule has 3 rings (SSSR count). The van der Waals surface area contributed by atoms with Crippen LogP contribution in [-0.2, 0) is 0 Å². The fourth-order valence-electron chi connectivity index (χ4n) is 2.78. The maximum atomic E-state index is 10.2. The van der Waals surface area contributed by atoms with Crippen LogP contribution in [0.4, 0.5) is 0 Å². The fraction of sp³-hybridized carbons (Fsp3) is 0.500. The highest BCUT2D eigenvalue weighted by Gasteiger charge is 2.28. The van der Waals surface area contributed by atoms with Crippen LogP contribution in [0, 0.1) is 6.92 Å². The van der Waals surface area contributed by atoms with Gasteiger partial charge in [0.1, 0.15) is 0 Å². The first-order chi connectivity index (χ1) is 9.74. The minimum atomic E-state index is -0.358. The molecule has 4 heteroatoms. The van der Waals surface area contributed by atoms with E-state index in [1.54, 1.807) is 0 Å². The smallest absolute Gasteiger partial charge is 0.232 e. The number of benzene rings is 1. The number of hydrogen-bond donors (Lipinski definition) is 1. The largest absolute Gasteiger partial charge is 0.392 e. The number of nitrogens with zero attached hydrogens (tertiary/aromatic N) is 2. The molecule has 0 bridgehead atoms. The number of aliphatic hydroxyl groups excluding tert-OH is 1. The van der Waals surface area contributed by atoms with Crippen molar-refractivity contribution in [2.75, 3.05) is 0 Å². The third-order valence-corrected chi connectivity index (χ3v) is 4.05. The van der Waals surface area contributed by atoms with Gasteiger partial charge in [-0.05, 0) is 19.8 Å². The second-order valence-electron chi connectivity index (χ2n) is 5.63. The highest BCUT2D eigenvalue weighted by atomic mass is 16.5. The van der Waals surface area contributed by atoms with Crippen molar-refractivity contribution >= 4 is 0 Å². The molecule has 0 spiro atoms. The molecular formula is C16H20N2O2. The molecule has 4 nitrogen and oxygen atoms in total. The summed E-state index contributed by atoms with van der Waals surface area (Å²) in [5, 5.41) is 14.2. The summed E-state index contributed by atoms with van der Waals surface area (Å²) < 4.78 is 5.39. The lowest BCUT2D eigenvalue weighted by Gasteiger charge is -2.15. The Labute approximate surface area is 118 Å². The van der Waals surface area contributed by atoms with E-state index in [2.05, 4.69) is 10.1 Å². The highest BCUT2D eigenvalue weighted by Crippen LogP contribution is 2.32. The average molecular weight is 272 g/mol. The molecule has 0 aliphatic heterocycles. The molecule has 1 N–H and O–H groups in total. The Balaban J connectivity index is 1.83. The number of aromatic nitrogens is 2. The molecule has 1 heterocycles. The van der Waals surface area contributed by atoms with E-state index in [9.17, 15) is 5.11 Å². The lowest BCUT2D eigenvalue weighted by molar-refractivity contribution is 0.119. The summed E-state index contributed by atoms with van der Waals surface area (Å²) in [4.78, 5) is 4.49. The summed E-state index contributed by atoms with van der Waals surface area (Å²) in [5.41, 5.74) is 2.16. The van der Waals surface area contributed by atoms with Crippen LogP contribution >= 0.6 is 0 Å². The van der Waals surface area contributed by atoms with E-state index >= 15 is 0 Å². The van der Waals surface area contributed by atoms with Gasteiger partial charge in [0.05, 0.1) is 12.0 Å². The summed E-state index contributed by atoms with van der Waals surface area (Å²) in [6.45, 7) is 2.05. The number of aliphatic hydroxyl groups is 1. The van der Waals surface area contributed by atoms with E-state index in [1.807, 2.05) is 31.2 Å². The summed E-state index contributed by atoms with van der Waals surface area (Å²) >= 11 is 0. The van der Waals surface area contributed by atoms with Gasteiger partial charge >= 0.3 is 0 Å². The van der Waals surface area contributed by atoms with Crippen LogP contribution in [0.2, 0.25) is 0 Å². The summed E-state index contributed by atoms with van der Waals surface area (Å²) in [6.07, 6.45) is 4.76. The van der Waals surface area contributed by atoms with E-state index in [-0.39, 0.29) is 12.0 Å². The second kappa shape index (κ2) is 5.75. The van der Waals surface area contributed by atoms with Gasteiger partial charge in [-0.1, -0.05) is 54.2 Å². The van der Waals surface area contributed by atoms with Gasteiger partial charge in [-0.25, -0.2) is 0 Å². The minimum absolute atomic E-state index is 0.0100. The van der Waals surface area contributed by atoms with Crippen molar-refractivity contribution in [3.05, 3.63) is 35.7 Å². The van der Waals surface area contributed by atoms with Crippen molar-refractivity contribution in [3.63, 3.8) is 0 Å². The van der Waals surface area contributed by atoms with Gasteiger partial charge in [-0.2, -0.15) is 4.98 Å². The van der Waals surface area contributed by atoms with Gasteiger partial charge in [0.25, 0.3) is 0 Å². The SMILES string of the molecule is Cc1ccc(-c2noc(C3CCCCCC3O)n2)cc1. The van der Waals surface area contributed by atoms with Crippen LogP contribution in [0.3, 0.4) is 0 Å². The van der Waals surface area contributed by atoms with Crippen LogP contribution < -0.4 is 0 Å². The van der Waals surface area contributed by atoms with Gasteiger partial charge in [0, 0.05) is 5.56 Å². The van der Waals surface area contributed by atoms with Gasteiger partial charge in [0.15, 0.2) is 0 Å². The predicted molar refractivity (Wildman–Crippen MR) is 76.3 cm³/mol. The van der Waals surface area contributed by atoms with Crippen molar-refractivity contribution in [1.82, 2.24) is 10.1 Å². The quantitative estimate of drug-likeness (QED) is 0.851. The summed E-state index contributed by atoms with van der Waals surface area (Å²) in [5.74, 6) is 1.18. The zero-order chi connectivity index (χ0) is 13.9. The van der Waals surface area contributed by atoms with Gasteiger partial charge in [-0.3, -0.25) is 0 Å². The Kier molecular flexibility index (Phi) is 3.83. The number of rotatable bonds is 2. The molecule has 0 amide bonds. The topological polar surface area (TPSA) is 59.2 Å². The first-order valence-corrected chi connectivity index (χ1v) is 7.33. The molecule has 1 fully saturated rings. The molecule has 2 atom stereocenters. The Morgan fingerprint density at radius 1 is 1.10 bits per heavy atom. The standard InChI is InChI=1S/C16H20N2O2/c1-11-7-9-12(10-8-11)15-17-16(20-18-15)13-5-3-2-4-6-14(13)19/h7-10,13-14,19H,2-6H2,1H3. The number of aryl methyl sites for hydroxylation is 1. The maximum Gasteiger partial charge on any atom is 0.232 e. The van der Waals surface area contributed by atoms with E-state index in [1.165, 1.54) is 12.0 Å².